The maximum atomic E-state index is 4.31. The zero-order valence-corrected chi connectivity index (χ0v) is 10.3. The van der Waals surface area contributed by atoms with Crippen LogP contribution in [-0.4, -0.2) is 15.0 Å². The molecular weight excluding hydrogens is 222 g/mol. The summed E-state index contributed by atoms with van der Waals surface area (Å²) in [4.78, 5) is 0. The van der Waals surface area contributed by atoms with Crippen molar-refractivity contribution in [3.8, 4) is 0 Å². The van der Waals surface area contributed by atoms with E-state index in [9.17, 15) is 0 Å². The summed E-state index contributed by atoms with van der Waals surface area (Å²) in [6.45, 7) is 2.17. The van der Waals surface area contributed by atoms with Crippen molar-refractivity contribution in [3.05, 3.63) is 60.2 Å². The predicted octanol–water partition coefficient (Wildman–Crippen LogP) is 3.43. The number of hydrogen-bond acceptors (Lipinski definition) is 2. The Labute approximate surface area is 106 Å². The minimum absolute atomic E-state index is 0.249. The molecule has 3 aromatic rings. The standard InChI is InChI=1S/C15H15N3/c1-2-14(12-8-4-3-5-9-12)18-15-11-7-6-10-13(15)16-17-18/h3-11,14H,2H2,1H3/t14-/m1/s1. The second-order valence-electron chi connectivity index (χ2n) is 4.36. The summed E-state index contributed by atoms with van der Waals surface area (Å²) in [5.74, 6) is 0. The van der Waals surface area contributed by atoms with Gasteiger partial charge >= 0.3 is 0 Å². The van der Waals surface area contributed by atoms with Gasteiger partial charge in [0.2, 0.25) is 0 Å². The second-order valence-corrected chi connectivity index (χ2v) is 4.36. The summed E-state index contributed by atoms with van der Waals surface area (Å²) < 4.78 is 2.02. The van der Waals surface area contributed by atoms with Crippen molar-refractivity contribution in [1.29, 1.82) is 0 Å². The van der Waals surface area contributed by atoms with Gasteiger partial charge in [-0.2, -0.15) is 0 Å². The molecule has 1 atom stereocenters. The van der Waals surface area contributed by atoms with Gasteiger partial charge in [-0.1, -0.05) is 54.6 Å². The Bertz CT molecular complexity index is 643. The van der Waals surface area contributed by atoms with Crippen LogP contribution in [0.3, 0.4) is 0 Å². The Hall–Kier alpha value is -2.16. The average molecular weight is 237 g/mol. The summed E-state index contributed by atoms with van der Waals surface area (Å²) in [5, 5.41) is 8.54. The molecule has 2 aromatic carbocycles. The molecule has 90 valence electrons. The van der Waals surface area contributed by atoms with Crippen LogP contribution in [0.25, 0.3) is 11.0 Å². The third-order valence-electron chi connectivity index (χ3n) is 3.24. The molecule has 0 bridgehead atoms. The van der Waals surface area contributed by atoms with Crippen molar-refractivity contribution in [3.63, 3.8) is 0 Å². The highest BCUT2D eigenvalue weighted by Crippen LogP contribution is 2.24. The lowest BCUT2D eigenvalue weighted by Crippen LogP contribution is -2.11. The number of aromatic nitrogens is 3. The molecule has 3 nitrogen and oxygen atoms in total. The smallest absolute Gasteiger partial charge is 0.113 e. The van der Waals surface area contributed by atoms with Crippen LogP contribution < -0.4 is 0 Å². The first-order valence-electron chi connectivity index (χ1n) is 6.25. The molecule has 18 heavy (non-hydrogen) atoms. The molecule has 0 radical (unpaired) electrons. The minimum Gasteiger partial charge on any atom is -0.237 e. The van der Waals surface area contributed by atoms with Crippen LogP contribution in [0.15, 0.2) is 54.6 Å². The van der Waals surface area contributed by atoms with Gasteiger partial charge in [-0.15, -0.1) is 5.10 Å². The molecule has 0 aliphatic heterocycles. The molecule has 0 spiro atoms. The van der Waals surface area contributed by atoms with Crippen LogP contribution in [0.5, 0.6) is 0 Å². The first-order chi connectivity index (χ1) is 8.90. The molecule has 0 unspecified atom stereocenters. The van der Waals surface area contributed by atoms with Crippen LogP contribution in [0.4, 0.5) is 0 Å². The van der Waals surface area contributed by atoms with E-state index >= 15 is 0 Å². The Balaban J connectivity index is 2.12. The largest absolute Gasteiger partial charge is 0.237 e. The summed E-state index contributed by atoms with van der Waals surface area (Å²) in [6, 6.07) is 18.8. The van der Waals surface area contributed by atoms with E-state index < -0.39 is 0 Å². The van der Waals surface area contributed by atoms with Crippen molar-refractivity contribution >= 4 is 11.0 Å². The Kier molecular flexibility index (Phi) is 2.81. The third-order valence-corrected chi connectivity index (χ3v) is 3.24. The molecule has 1 heterocycles. The first-order valence-corrected chi connectivity index (χ1v) is 6.25. The molecule has 0 aliphatic carbocycles. The monoisotopic (exact) mass is 237 g/mol. The maximum Gasteiger partial charge on any atom is 0.113 e. The van der Waals surface area contributed by atoms with Crippen LogP contribution in [0.2, 0.25) is 0 Å². The van der Waals surface area contributed by atoms with Crippen molar-refractivity contribution in [2.24, 2.45) is 0 Å². The van der Waals surface area contributed by atoms with Crippen molar-refractivity contribution < 1.29 is 0 Å². The van der Waals surface area contributed by atoms with Gasteiger partial charge in [-0.05, 0) is 24.1 Å². The topological polar surface area (TPSA) is 30.7 Å². The van der Waals surface area contributed by atoms with Crippen molar-refractivity contribution in [2.45, 2.75) is 19.4 Å². The number of fused-ring (bicyclic) bond motifs is 1. The van der Waals surface area contributed by atoms with E-state index in [1.54, 1.807) is 0 Å². The van der Waals surface area contributed by atoms with E-state index in [1.807, 2.05) is 28.9 Å². The predicted molar refractivity (Wildman–Crippen MR) is 72.4 cm³/mol. The molecule has 3 heteroatoms. The molecule has 0 saturated carbocycles. The fourth-order valence-electron chi connectivity index (χ4n) is 2.34. The molecular formula is C15H15N3. The molecule has 1 aromatic heterocycles. The van der Waals surface area contributed by atoms with E-state index in [4.69, 9.17) is 0 Å². The molecule has 0 N–H and O–H groups in total. The fraction of sp³-hybridized carbons (Fsp3) is 0.200. The normalized spacial score (nSPS) is 12.7. The van der Waals surface area contributed by atoms with Gasteiger partial charge < -0.3 is 0 Å². The minimum atomic E-state index is 0.249. The van der Waals surface area contributed by atoms with Gasteiger partial charge in [-0.25, -0.2) is 4.68 Å². The number of nitrogens with zero attached hydrogens (tertiary/aromatic N) is 3. The van der Waals surface area contributed by atoms with Gasteiger partial charge in [0, 0.05) is 0 Å². The van der Waals surface area contributed by atoms with Crippen LogP contribution >= 0.6 is 0 Å². The number of para-hydroxylation sites is 1. The van der Waals surface area contributed by atoms with Gasteiger partial charge in [-0.3, -0.25) is 0 Å². The lowest BCUT2D eigenvalue weighted by Gasteiger charge is -2.16. The van der Waals surface area contributed by atoms with Crippen LogP contribution in [0.1, 0.15) is 24.9 Å². The third kappa shape index (κ3) is 1.78. The second kappa shape index (κ2) is 4.61. The van der Waals surface area contributed by atoms with Crippen molar-refractivity contribution in [1.82, 2.24) is 15.0 Å². The average Bonchev–Trinajstić information content (AvgIpc) is 2.85. The van der Waals surface area contributed by atoms with Gasteiger partial charge in [0.1, 0.15) is 5.52 Å². The summed E-state index contributed by atoms with van der Waals surface area (Å²) in [7, 11) is 0. The lowest BCUT2D eigenvalue weighted by molar-refractivity contribution is 0.508. The van der Waals surface area contributed by atoms with Crippen LogP contribution in [-0.2, 0) is 0 Å². The zero-order chi connectivity index (χ0) is 12.4. The highest BCUT2D eigenvalue weighted by molar-refractivity contribution is 5.74. The molecule has 0 aliphatic rings. The zero-order valence-electron chi connectivity index (χ0n) is 10.3. The Morgan fingerprint density at radius 3 is 2.50 bits per heavy atom. The Morgan fingerprint density at radius 2 is 1.72 bits per heavy atom. The molecule has 0 saturated heterocycles. The van der Waals surface area contributed by atoms with Gasteiger partial charge in [0.15, 0.2) is 0 Å². The van der Waals surface area contributed by atoms with Crippen LogP contribution in [0, 0.1) is 0 Å². The summed E-state index contributed by atoms with van der Waals surface area (Å²) >= 11 is 0. The molecule has 3 rings (SSSR count). The quantitative estimate of drug-likeness (QED) is 0.698. The fourth-order valence-corrected chi connectivity index (χ4v) is 2.34. The van der Waals surface area contributed by atoms with E-state index in [0.717, 1.165) is 17.5 Å². The van der Waals surface area contributed by atoms with Gasteiger partial charge in [0.05, 0.1) is 11.6 Å². The SMILES string of the molecule is CC[C@H](c1ccccc1)n1nnc2ccccc21. The lowest BCUT2D eigenvalue weighted by atomic mass is 10.0. The van der Waals surface area contributed by atoms with Gasteiger partial charge in [0.25, 0.3) is 0 Å². The maximum absolute atomic E-state index is 4.31. The highest BCUT2D eigenvalue weighted by atomic mass is 15.4. The van der Waals surface area contributed by atoms with E-state index in [0.29, 0.717) is 0 Å². The van der Waals surface area contributed by atoms with Crippen molar-refractivity contribution in [2.75, 3.05) is 0 Å². The Morgan fingerprint density at radius 1 is 1.00 bits per heavy atom. The number of benzene rings is 2. The molecule has 0 amide bonds. The first kappa shape index (κ1) is 11.0. The number of hydrogen-bond donors (Lipinski definition) is 0. The summed E-state index contributed by atoms with van der Waals surface area (Å²) in [5.41, 5.74) is 3.32. The van der Waals surface area contributed by atoms with E-state index in [2.05, 4.69) is 47.6 Å². The van der Waals surface area contributed by atoms with E-state index in [-0.39, 0.29) is 6.04 Å². The highest BCUT2D eigenvalue weighted by Gasteiger charge is 2.15. The van der Waals surface area contributed by atoms with E-state index in [1.165, 1.54) is 5.56 Å². The summed E-state index contributed by atoms with van der Waals surface area (Å²) in [6.07, 6.45) is 0.997. The molecule has 0 fully saturated rings. The number of rotatable bonds is 3.